The summed E-state index contributed by atoms with van der Waals surface area (Å²) >= 11 is 0. The molecule has 1 unspecified atom stereocenters. The van der Waals surface area contributed by atoms with Crippen LogP contribution in [-0.2, 0) is 11.3 Å². The van der Waals surface area contributed by atoms with Crippen LogP contribution in [0.15, 0.2) is 48.5 Å². The molecule has 1 N–H and O–H groups in total. The van der Waals surface area contributed by atoms with Crippen molar-refractivity contribution in [2.75, 3.05) is 4.90 Å². The molecule has 166 valence electrons. The molecule has 5 rings (SSSR count). The summed E-state index contributed by atoms with van der Waals surface area (Å²) in [6.07, 6.45) is 5.01. The van der Waals surface area contributed by atoms with Crippen LogP contribution in [0, 0.1) is 11.6 Å². The van der Waals surface area contributed by atoms with Gasteiger partial charge in [-0.3, -0.25) is 14.5 Å². The Morgan fingerprint density at radius 2 is 1.81 bits per heavy atom. The number of benzene rings is 2. The molecule has 3 aromatic rings. The lowest BCUT2D eigenvalue weighted by Crippen LogP contribution is -2.65. The average Bonchev–Trinajstić information content (AvgIpc) is 3.14. The molecule has 1 saturated carbocycles. The van der Waals surface area contributed by atoms with E-state index in [-0.39, 0.29) is 24.2 Å². The van der Waals surface area contributed by atoms with Crippen molar-refractivity contribution in [3.05, 3.63) is 65.9 Å². The first kappa shape index (κ1) is 20.7. The lowest BCUT2D eigenvalue weighted by atomic mass is 9.91. The second-order valence-electron chi connectivity index (χ2n) is 8.99. The van der Waals surface area contributed by atoms with Crippen LogP contribution in [0.5, 0.6) is 0 Å². The van der Waals surface area contributed by atoms with Gasteiger partial charge in [-0.15, -0.1) is 0 Å². The molecule has 2 aromatic carbocycles. The number of nitrogens with zero attached hydrogens (tertiary/aromatic N) is 2. The highest BCUT2D eigenvalue weighted by atomic mass is 19.1. The molecule has 2 amide bonds. The van der Waals surface area contributed by atoms with Crippen molar-refractivity contribution in [2.45, 2.75) is 57.2 Å². The van der Waals surface area contributed by atoms with Crippen LogP contribution in [0.25, 0.3) is 10.9 Å². The Kier molecular flexibility index (Phi) is 4.99. The minimum Gasteiger partial charge on any atom is -0.351 e. The fourth-order valence-electron chi connectivity index (χ4n) is 5.07. The van der Waals surface area contributed by atoms with Gasteiger partial charge in [0, 0.05) is 23.0 Å². The molecular formula is C25H25F2N3O2. The van der Waals surface area contributed by atoms with Gasteiger partial charge in [-0.25, -0.2) is 8.78 Å². The van der Waals surface area contributed by atoms with Gasteiger partial charge in [0.1, 0.15) is 22.9 Å². The molecule has 0 radical (unpaired) electrons. The van der Waals surface area contributed by atoms with Crippen LogP contribution < -0.4 is 10.2 Å². The minimum absolute atomic E-state index is 0.0332. The minimum atomic E-state index is -1.39. The van der Waals surface area contributed by atoms with Crippen molar-refractivity contribution in [3.8, 4) is 0 Å². The van der Waals surface area contributed by atoms with Crippen LogP contribution in [0.4, 0.5) is 14.5 Å². The van der Waals surface area contributed by atoms with Crippen LogP contribution in [-0.4, -0.2) is 28.0 Å². The van der Waals surface area contributed by atoms with Crippen molar-refractivity contribution in [3.63, 3.8) is 0 Å². The third kappa shape index (κ3) is 3.27. The summed E-state index contributed by atoms with van der Waals surface area (Å²) in [5.74, 6) is -2.43. The number of para-hydroxylation sites is 1. The van der Waals surface area contributed by atoms with E-state index in [0.29, 0.717) is 5.69 Å². The summed E-state index contributed by atoms with van der Waals surface area (Å²) in [7, 11) is 0. The van der Waals surface area contributed by atoms with E-state index in [4.69, 9.17) is 0 Å². The molecule has 5 nitrogen and oxygen atoms in total. The smallest absolute Gasteiger partial charge is 0.276 e. The molecule has 0 saturated heterocycles. The van der Waals surface area contributed by atoms with Gasteiger partial charge < -0.3 is 9.88 Å². The number of hydrogen-bond donors (Lipinski definition) is 1. The lowest BCUT2D eigenvalue weighted by molar-refractivity contribution is -0.127. The van der Waals surface area contributed by atoms with Crippen LogP contribution in [0.1, 0.15) is 49.5 Å². The second-order valence-corrected chi connectivity index (χ2v) is 8.99. The van der Waals surface area contributed by atoms with Crippen molar-refractivity contribution < 1.29 is 18.4 Å². The molecule has 2 aliphatic rings. The Balaban J connectivity index is 1.63. The topological polar surface area (TPSA) is 54.3 Å². The maximum absolute atomic E-state index is 14.9. The van der Waals surface area contributed by atoms with E-state index in [1.54, 1.807) is 13.0 Å². The fourth-order valence-corrected chi connectivity index (χ4v) is 5.07. The maximum Gasteiger partial charge on any atom is 0.276 e. The maximum atomic E-state index is 14.9. The van der Waals surface area contributed by atoms with Gasteiger partial charge in [-0.1, -0.05) is 37.5 Å². The van der Waals surface area contributed by atoms with E-state index in [0.717, 1.165) is 55.1 Å². The van der Waals surface area contributed by atoms with E-state index in [9.17, 15) is 18.4 Å². The predicted octanol–water partition coefficient (Wildman–Crippen LogP) is 4.79. The molecule has 1 aromatic heterocycles. The number of hydrogen-bond acceptors (Lipinski definition) is 2. The summed E-state index contributed by atoms with van der Waals surface area (Å²) in [5.41, 5.74) is -0.277. The average molecular weight is 437 g/mol. The van der Waals surface area contributed by atoms with Crippen LogP contribution in [0.2, 0.25) is 0 Å². The van der Waals surface area contributed by atoms with Gasteiger partial charge in [0.15, 0.2) is 0 Å². The summed E-state index contributed by atoms with van der Waals surface area (Å²) in [6, 6.07) is 12.4. The van der Waals surface area contributed by atoms with E-state index in [1.165, 1.54) is 11.0 Å². The standard InChI is InChI=1S/C25H25F2N3O2/c1-25(24(32)28-18-8-3-2-4-9-18)15-29-20-10-6-5-7-16(20)13-22(29)23(31)30(25)21-12-11-17(26)14-19(21)27/h5-7,10-14,18H,2-4,8-9,15H2,1H3,(H,28,32). The number of halogens is 2. The van der Waals surface area contributed by atoms with Crippen molar-refractivity contribution >= 4 is 28.4 Å². The molecule has 7 heteroatoms. The molecule has 1 atom stereocenters. The summed E-state index contributed by atoms with van der Waals surface area (Å²) in [6.45, 7) is 1.82. The molecule has 2 heterocycles. The zero-order valence-corrected chi connectivity index (χ0v) is 17.9. The van der Waals surface area contributed by atoms with Gasteiger partial charge in [0.2, 0.25) is 5.91 Å². The molecule has 1 fully saturated rings. The number of anilines is 1. The van der Waals surface area contributed by atoms with Gasteiger partial charge in [0.05, 0.1) is 12.2 Å². The third-order valence-corrected chi connectivity index (χ3v) is 6.77. The molecule has 0 bridgehead atoms. The van der Waals surface area contributed by atoms with E-state index < -0.39 is 23.1 Å². The number of carbonyl (C=O) groups excluding carboxylic acids is 2. The van der Waals surface area contributed by atoms with E-state index in [1.807, 2.05) is 28.8 Å². The Morgan fingerprint density at radius 3 is 2.56 bits per heavy atom. The Bertz CT molecular complexity index is 1220. The quantitative estimate of drug-likeness (QED) is 0.641. The molecule has 1 aliphatic heterocycles. The zero-order valence-electron chi connectivity index (χ0n) is 17.9. The first-order chi connectivity index (χ1) is 15.4. The number of amides is 2. The lowest BCUT2D eigenvalue weighted by Gasteiger charge is -2.44. The van der Waals surface area contributed by atoms with Crippen molar-refractivity contribution in [1.82, 2.24) is 9.88 Å². The summed E-state index contributed by atoms with van der Waals surface area (Å²) in [4.78, 5) is 28.6. The first-order valence-corrected chi connectivity index (χ1v) is 11.1. The molecule has 32 heavy (non-hydrogen) atoms. The van der Waals surface area contributed by atoms with Gasteiger partial charge >= 0.3 is 0 Å². The molecule has 1 aliphatic carbocycles. The van der Waals surface area contributed by atoms with Crippen molar-refractivity contribution in [2.24, 2.45) is 0 Å². The fraction of sp³-hybridized carbons (Fsp3) is 0.360. The van der Waals surface area contributed by atoms with Gasteiger partial charge in [-0.2, -0.15) is 0 Å². The first-order valence-electron chi connectivity index (χ1n) is 11.1. The van der Waals surface area contributed by atoms with Crippen LogP contribution >= 0.6 is 0 Å². The number of aromatic nitrogens is 1. The monoisotopic (exact) mass is 437 g/mol. The van der Waals surface area contributed by atoms with Crippen molar-refractivity contribution in [1.29, 1.82) is 0 Å². The number of carbonyl (C=O) groups is 2. The summed E-state index contributed by atoms with van der Waals surface area (Å²) in [5, 5.41) is 3.98. The predicted molar refractivity (Wildman–Crippen MR) is 119 cm³/mol. The third-order valence-electron chi connectivity index (χ3n) is 6.77. The Morgan fingerprint density at radius 1 is 1.06 bits per heavy atom. The normalized spacial score (nSPS) is 21.6. The van der Waals surface area contributed by atoms with Crippen LogP contribution in [0.3, 0.4) is 0 Å². The SMILES string of the molecule is CC1(C(=O)NC2CCCCC2)Cn2c(cc3ccccc32)C(=O)N1c1ccc(F)cc1F. The second kappa shape index (κ2) is 7.73. The van der Waals surface area contributed by atoms with E-state index >= 15 is 0 Å². The van der Waals surface area contributed by atoms with E-state index in [2.05, 4.69) is 5.32 Å². The molecular weight excluding hydrogens is 412 g/mol. The highest BCUT2D eigenvalue weighted by molar-refractivity contribution is 6.14. The number of rotatable bonds is 3. The number of nitrogens with one attached hydrogen (secondary N) is 1. The Labute approximate surface area is 185 Å². The summed E-state index contributed by atoms with van der Waals surface area (Å²) < 4.78 is 30.3. The van der Waals surface area contributed by atoms with Gasteiger partial charge in [0.25, 0.3) is 5.91 Å². The highest BCUT2D eigenvalue weighted by Crippen LogP contribution is 2.37. The van der Waals surface area contributed by atoms with Gasteiger partial charge in [-0.05, 0) is 44.0 Å². The highest BCUT2D eigenvalue weighted by Gasteiger charge is 2.49. The zero-order chi connectivity index (χ0) is 22.5. The number of fused-ring (bicyclic) bond motifs is 3. The largest absolute Gasteiger partial charge is 0.351 e. The Hall–Kier alpha value is -3.22. The molecule has 0 spiro atoms.